The van der Waals surface area contributed by atoms with Crippen LogP contribution in [0.15, 0.2) is 76.3 Å². The average molecular weight is 498 g/mol. The molecule has 1 N–H and O–H groups in total. The first kappa shape index (κ1) is 23.0. The first-order chi connectivity index (χ1) is 15.5. The minimum Gasteiger partial charge on any atom is -0.493 e. The number of hydrazone groups is 1. The van der Waals surface area contributed by atoms with Crippen LogP contribution in [0.2, 0.25) is 0 Å². The summed E-state index contributed by atoms with van der Waals surface area (Å²) in [5.74, 6) is 0.699. The zero-order valence-corrected chi connectivity index (χ0v) is 18.7. The van der Waals surface area contributed by atoms with Crippen LogP contribution in [0.5, 0.6) is 11.5 Å². The number of nitro benzene ring substituents is 1. The normalized spacial score (nSPS) is 10.7. The van der Waals surface area contributed by atoms with Gasteiger partial charge < -0.3 is 9.47 Å². The number of non-ortho nitro benzene ring substituents is 1. The molecular formula is C23H20BrN3O5. The van der Waals surface area contributed by atoms with Gasteiger partial charge in [0.2, 0.25) is 5.91 Å². The number of rotatable bonds is 9. The number of carbonyl (C=O) groups excluding carboxylic acids is 1. The maximum Gasteiger partial charge on any atom is 0.269 e. The highest BCUT2D eigenvalue weighted by Gasteiger charge is 2.11. The molecule has 0 spiro atoms. The summed E-state index contributed by atoms with van der Waals surface area (Å²) in [6.45, 7) is 0.334. The van der Waals surface area contributed by atoms with Gasteiger partial charge in [0.25, 0.3) is 5.69 Å². The van der Waals surface area contributed by atoms with Crippen LogP contribution in [0.1, 0.15) is 16.7 Å². The van der Waals surface area contributed by atoms with Gasteiger partial charge in [0, 0.05) is 22.2 Å². The van der Waals surface area contributed by atoms with Crippen LogP contribution in [-0.2, 0) is 17.8 Å². The highest BCUT2D eigenvalue weighted by Crippen LogP contribution is 2.31. The highest BCUT2D eigenvalue weighted by molar-refractivity contribution is 9.10. The lowest BCUT2D eigenvalue weighted by atomic mass is 10.1. The molecular weight excluding hydrogens is 478 g/mol. The third-order valence-corrected chi connectivity index (χ3v) is 4.96. The van der Waals surface area contributed by atoms with Gasteiger partial charge >= 0.3 is 0 Å². The maximum atomic E-state index is 12.1. The molecule has 0 aliphatic carbocycles. The predicted octanol–water partition coefficient (Wildman–Crippen LogP) is 4.64. The highest BCUT2D eigenvalue weighted by atomic mass is 79.9. The number of hydrogen-bond acceptors (Lipinski definition) is 6. The second kappa shape index (κ2) is 11.1. The summed E-state index contributed by atoms with van der Waals surface area (Å²) in [6.07, 6.45) is 1.52. The van der Waals surface area contributed by atoms with Gasteiger partial charge in [-0.2, -0.15) is 5.10 Å². The maximum absolute atomic E-state index is 12.1. The summed E-state index contributed by atoms with van der Waals surface area (Å²) in [4.78, 5) is 22.4. The van der Waals surface area contributed by atoms with E-state index in [1.807, 2.05) is 24.3 Å². The minimum atomic E-state index is -0.487. The molecule has 0 aromatic heterocycles. The Balaban J connectivity index is 1.64. The van der Waals surface area contributed by atoms with Gasteiger partial charge in [-0.1, -0.05) is 46.3 Å². The van der Waals surface area contributed by atoms with E-state index >= 15 is 0 Å². The lowest BCUT2D eigenvalue weighted by Gasteiger charge is -2.13. The number of para-hydroxylation sites is 1. The van der Waals surface area contributed by atoms with Crippen molar-refractivity contribution in [2.45, 2.75) is 13.0 Å². The van der Waals surface area contributed by atoms with Crippen molar-refractivity contribution in [3.05, 3.63) is 98.0 Å². The fourth-order valence-electron chi connectivity index (χ4n) is 2.82. The van der Waals surface area contributed by atoms with E-state index in [4.69, 9.17) is 9.47 Å². The SMILES string of the molecule is COc1cccc(C=NNC(=O)Cc2ccc([N+](=O)[O-])cc2)c1OCc1ccc(Br)cc1. The fourth-order valence-corrected chi connectivity index (χ4v) is 3.08. The first-order valence-electron chi connectivity index (χ1n) is 9.55. The Hall–Kier alpha value is -3.72. The van der Waals surface area contributed by atoms with E-state index in [1.165, 1.54) is 30.5 Å². The van der Waals surface area contributed by atoms with E-state index in [1.54, 1.807) is 25.3 Å². The Morgan fingerprint density at radius 3 is 2.44 bits per heavy atom. The number of nitro groups is 1. The Morgan fingerprint density at radius 1 is 1.09 bits per heavy atom. The summed E-state index contributed by atoms with van der Waals surface area (Å²) < 4.78 is 12.3. The molecule has 0 radical (unpaired) electrons. The summed E-state index contributed by atoms with van der Waals surface area (Å²) in [5.41, 5.74) is 4.69. The number of carbonyl (C=O) groups is 1. The largest absolute Gasteiger partial charge is 0.493 e. The van der Waals surface area contributed by atoms with Crippen molar-refractivity contribution in [2.75, 3.05) is 7.11 Å². The van der Waals surface area contributed by atoms with E-state index in [0.29, 0.717) is 29.2 Å². The van der Waals surface area contributed by atoms with Crippen LogP contribution in [0.4, 0.5) is 5.69 Å². The second-order valence-corrected chi connectivity index (χ2v) is 7.60. The molecule has 0 fully saturated rings. The molecule has 3 aromatic carbocycles. The molecule has 0 bridgehead atoms. The summed E-state index contributed by atoms with van der Waals surface area (Å²) in [5, 5.41) is 14.7. The quantitative estimate of drug-likeness (QED) is 0.263. The number of halogens is 1. The minimum absolute atomic E-state index is 0.0270. The van der Waals surface area contributed by atoms with Crippen molar-refractivity contribution in [3.63, 3.8) is 0 Å². The number of ether oxygens (including phenoxy) is 2. The smallest absolute Gasteiger partial charge is 0.269 e. The summed E-state index contributed by atoms with van der Waals surface area (Å²) in [6, 6.07) is 18.9. The number of methoxy groups -OCH3 is 1. The third-order valence-electron chi connectivity index (χ3n) is 4.43. The molecule has 3 rings (SSSR count). The van der Waals surface area contributed by atoms with Crippen molar-refractivity contribution in [2.24, 2.45) is 5.10 Å². The predicted molar refractivity (Wildman–Crippen MR) is 124 cm³/mol. The summed E-state index contributed by atoms with van der Waals surface area (Å²) >= 11 is 3.41. The molecule has 32 heavy (non-hydrogen) atoms. The number of benzene rings is 3. The van der Waals surface area contributed by atoms with Crippen molar-refractivity contribution in [1.29, 1.82) is 0 Å². The van der Waals surface area contributed by atoms with Crippen LogP contribution < -0.4 is 14.9 Å². The number of amides is 1. The Labute approximate surface area is 193 Å². The molecule has 164 valence electrons. The molecule has 8 nitrogen and oxygen atoms in total. The number of nitrogens with zero attached hydrogens (tertiary/aromatic N) is 2. The summed E-state index contributed by atoms with van der Waals surface area (Å²) in [7, 11) is 1.55. The van der Waals surface area contributed by atoms with Crippen LogP contribution in [0.3, 0.4) is 0 Å². The topological polar surface area (TPSA) is 103 Å². The van der Waals surface area contributed by atoms with Gasteiger partial charge in [-0.25, -0.2) is 5.43 Å². The van der Waals surface area contributed by atoms with E-state index in [2.05, 4.69) is 26.5 Å². The van der Waals surface area contributed by atoms with Gasteiger partial charge in [0.05, 0.1) is 24.7 Å². The molecule has 0 saturated heterocycles. The molecule has 3 aromatic rings. The Bertz CT molecular complexity index is 1120. The van der Waals surface area contributed by atoms with Gasteiger partial charge in [-0.3, -0.25) is 14.9 Å². The number of hydrogen-bond donors (Lipinski definition) is 1. The average Bonchev–Trinajstić information content (AvgIpc) is 2.79. The van der Waals surface area contributed by atoms with Crippen molar-refractivity contribution >= 4 is 33.7 Å². The molecule has 0 unspecified atom stereocenters. The number of nitrogens with one attached hydrogen (secondary N) is 1. The van der Waals surface area contributed by atoms with E-state index in [0.717, 1.165) is 10.0 Å². The van der Waals surface area contributed by atoms with E-state index < -0.39 is 4.92 Å². The molecule has 1 amide bonds. The fraction of sp³-hybridized carbons (Fsp3) is 0.130. The van der Waals surface area contributed by atoms with Crippen molar-refractivity contribution in [3.8, 4) is 11.5 Å². The Kier molecular flexibility index (Phi) is 7.93. The lowest BCUT2D eigenvalue weighted by molar-refractivity contribution is -0.384. The van der Waals surface area contributed by atoms with Crippen LogP contribution in [-0.4, -0.2) is 24.2 Å². The Morgan fingerprint density at radius 2 is 1.78 bits per heavy atom. The van der Waals surface area contributed by atoms with E-state index in [-0.39, 0.29) is 18.0 Å². The van der Waals surface area contributed by atoms with Gasteiger partial charge in [-0.05, 0) is 35.4 Å². The van der Waals surface area contributed by atoms with Crippen LogP contribution in [0, 0.1) is 10.1 Å². The van der Waals surface area contributed by atoms with Gasteiger partial charge in [0.1, 0.15) is 6.61 Å². The molecule has 0 atom stereocenters. The third kappa shape index (κ3) is 6.39. The monoisotopic (exact) mass is 497 g/mol. The molecule has 0 saturated carbocycles. The van der Waals surface area contributed by atoms with Crippen LogP contribution in [0.25, 0.3) is 0 Å². The van der Waals surface area contributed by atoms with Crippen molar-refractivity contribution < 1.29 is 19.2 Å². The van der Waals surface area contributed by atoms with Gasteiger partial charge in [-0.15, -0.1) is 0 Å². The molecule has 0 aliphatic heterocycles. The zero-order chi connectivity index (χ0) is 22.9. The van der Waals surface area contributed by atoms with Crippen molar-refractivity contribution in [1.82, 2.24) is 5.43 Å². The van der Waals surface area contributed by atoms with E-state index in [9.17, 15) is 14.9 Å². The zero-order valence-electron chi connectivity index (χ0n) is 17.2. The van der Waals surface area contributed by atoms with Crippen LogP contribution >= 0.6 is 15.9 Å². The molecule has 0 aliphatic rings. The first-order valence-corrected chi connectivity index (χ1v) is 10.3. The molecule has 0 heterocycles. The standard InChI is InChI=1S/C23H20BrN3O5/c1-31-21-4-2-3-18(23(21)32-15-17-5-9-19(24)10-6-17)14-25-26-22(28)13-16-7-11-20(12-8-16)27(29)30/h2-12,14H,13,15H2,1H3,(H,26,28). The lowest BCUT2D eigenvalue weighted by Crippen LogP contribution is -2.19. The van der Waals surface area contributed by atoms with Gasteiger partial charge in [0.15, 0.2) is 11.5 Å². The second-order valence-electron chi connectivity index (χ2n) is 6.69. The molecule has 9 heteroatoms.